The molecule has 122 valence electrons. The van der Waals surface area contributed by atoms with E-state index < -0.39 is 0 Å². The van der Waals surface area contributed by atoms with E-state index in [1.54, 1.807) is 6.33 Å². The zero-order chi connectivity index (χ0) is 17.2. The largest absolute Gasteiger partial charge is 0.366 e. The molecule has 0 saturated carbocycles. The van der Waals surface area contributed by atoms with Crippen LogP contribution in [0.1, 0.15) is 12.6 Å². The average Bonchev–Trinajstić information content (AvgIpc) is 2.67. The molecule has 25 heavy (non-hydrogen) atoms. The molecule has 0 radical (unpaired) electrons. The third-order valence-corrected chi connectivity index (χ3v) is 4.08. The van der Waals surface area contributed by atoms with E-state index in [1.165, 1.54) is 0 Å². The van der Waals surface area contributed by atoms with Crippen LogP contribution in [0.15, 0.2) is 54.9 Å². The van der Waals surface area contributed by atoms with Crippen molar-refractivity contribution in [2.45, 2.75) is 13.3 Å². The second-order valence-corrected chi connectivity index (χ2v) is 5.64. The smallest absolute Gasteiger partial charge is 0.240 e. The second-order valence-electron chi connectivity index (χ2n) is 5.64. The van der Waals surface area contributed by atoms with Gasteiger partial charge in [-0.1, -0.05) is 43.3 Å². The van der Waals surface area contributed by atoms with Crippen LogP contribution in [-0.2, 0) is 6.42 Å². The first-order valence-electron chi connectivity index (χ1n) is 8.06. The number of nitrogens with two attached hydrogens (primary N) is 1. The van der Waals surface area contributed by atoms with Crippen molar-refractivity contribution in [1.82, 2.24) is 25.1 Å². The number of anilines is 1. The van der Waals surface area contributed by atoms with Crippen LogP contribution in [0.2, 0.25) is 0 Å². The van der Waals surface area contributed by atoms with Crippen molar-refractivity contribution in [2.24, 2.45) is 0 Å². The number of aromatic nitrogens is 5. The Morgan fingerprint density at radius 3 is 2.52 bits per heavy atom. The Morgan fingerprint density at radius 1 is 0.880 bits per heavy atom. The van der Waals surface area contributed by atoms with Gasteiger partial charge in [0, 0.05) is 16.5 Å². The van der Waals surface area contributed by atoms with Gasteiger partial charge in [0.25, 0.3) is 0 Å². The van der Waals surface area contributed by atoms with Crippen molar-refractivity contribution in [2.75, 3.05) is 5.73 Å². The van der Waals surface area contributed by atoms with Crippen molar-refractivity contribution in [3.05, 3.63) is 60.6 Å². The zero-order valence-corrected chi connectivity index (χ0v) is 13.7. The number of hydrogen-bond donors (Lipinski definition) is 1. The van der Waals surface area contributed by atoms with Crippen molar-refractivity contribution in [1.29, 1.82) is 0 Å². The first-order chi connectivity index (χ1) is 12.3. The van der Waals surface area contributed by atoms with Gasteiger partial charge < -0.3 is 5.73 Å². The molecule has 4 aromatic rings. The van der Waals surface area contributed by atoms with E-state index >= 15 is 0 Å². The number of hydrogen-bond acceptors (Lipinski definition) is 6. The highest BCUT2D eigenvalue weighted by molar-refractivity contribution is 5.88. The SMILES string of the molecule is CCc1ncnc2ccc(-c3nnc(N)nc3-c3ccccc3)cc12. The first-order valence-corrected chi connectivity index (χ1v) is 8.06. The van der Waals surface area contributed by atoms with E-state index in [4.69, 9.17) is 5.73 Å². The lowest BCUT2D eigenvalue weighted by Gasteiger charge is -2.10. The van der Waals surface area contributed by atoms with E-state index in [0.717, 1.165) is 34.1 Å². The highest BCUT2D eigenvalue weighted by Gasteiger charge is 2.14. The van der Waals surface area contributed by atoms with Gasteiger partial charge in [-0.3, -0.25) is 0 Å². The molecule has 0 spiro atoms. The number of rotatable bonds is 3. The van der Waals surface area contributed by atoms with E-state index in [2.05, 4.69) is 32.1 Å². The monoisotopic (exact) mass is 328 g/mol. The molecule has 2 heterocycles. The predicted molar refractivity (Wildman–Crippen MR) is 97.6 cm³/mol. The normalized spacial score (nSPS) is 10.9. The molecular formula is C19H16N6. The summed E-state index contributed by atoms with van der Waals surface area (Å²) in [6.07, 6.45) is 2.43. The molecule has 0 aliphatic rings. The third-order valence-electron chi connectivity index (χ3n) is 4.08. The Morgan fingerprint density at radius 2 is 1.72 bits per heavy atom. The van der Waals surface area contributed by atoms with E-state index in [0.29, 0.717) is 11.4 Å². The summed E-state index contributed by atoms with van der Waals surface area (Å²) < 4.78 is 0. The first kappa shape index (κ1) is 15.1. The molecule has 2 N–H and O–H groups in total. The van der Waals surface area contributed by atoms with Crippen LogP contribution in [-0.4, -0.2) is 25.1 Å². The fraction of sp³-hybridized carbons (Fsp3) is 0.105. The number of nitrogen functional groups attached to an aromatic ring is 1. The number of fused-ring (bicyclic) bond motifs is 1. The minimum atomic E-state index is 0.154. The van der Waals surface area contributed by atoms with Crippen LogP contribution in [0.5, 0.6) is 0 Å². The van der Waals surface area contributed by atoms with Crippen LogP contribution in [0.25, 0.3) is 33.4 Å². The Hall–Kier alpha value is -3.41. The maximum absolute atomic E-state index is 5.77. The van der Waals surface area contributed by atoms with Gasteiger partial charge in [0.1, 0.15) is 17.7 Å². The summed E-state index contributed by atoms with van der Waals surface area (Å²) in [7, 11) is 0. The lowest BCUT2D eigenvalue weighted by atomic mass is 10.0. The van der Waals surface area contributed by atoms with Gasteiger partial charge >= 0.3 is 0 Å². The second kappa shape index (κ2) is 6.24. The van der Waals surface area contributed by atoms with Crippen molar-refractivity contribution in [3.63, 3.8) is 0 Å². The summed E-state index contributed by atoms with van der Waals surface area (Å²) in [6.45, 7) is 2.08. The van der Waals surface area contributed by atoms with Crippen LogP contribution in [0.4, 0.5) is 5.95 Å². The fourth-order valence-electron chi connectivity index (χ4n) is 2.87. The molecule has 0 saturated heterocycles. The average molecular weight is 328 g/mol. The van der Waals surface area contributed by atoms with E-state index in [9.17, 15) is 0 Å². The Balaban J connectivity index is 1.95. The number of nitrogens with zero attached hydrogens (tertiary/aromatic N) is 5. The van der Waals surface area contributed by atoms with Gasteiger partial charge in [-0.2, -0.15) is 0 Å². The van der Waals surface area contributed by atoms with Gasteiger partial charge in [-0.05, 0) is 18.6 Å². The maximum atomic E-state index is 5.77. The summed E-state index contributed by atoms with van der Waals surface area (Å²) in [4.78, 5) is 13.1. The lowest BCUT2D eigenvalue weighted by molar-refractivity contribution is 0.997. The van der Waals surface area contributed by atoms with E-state index in [1.807, 2.05) is 48.5 Å². The topological polar surface area (TPSA) is 90.5 Å². The zero-order valence-electron chi connectivity index (χ0n) is 13.7. The molecule has 0 atom stereocenters. The molecule has 6 nitrogen and oxygen atoms in total. The van der Waals surface area contributed by atoms with Gasteiger partial charge in [0.2, 0.25) is 5.95 Å². The highest BCUT2D eigenvalue weighted by Crippen LogP contribution is 2.30. The van der Waals surface area contributed by atoms with Gasteiger partial charge in [0.15, 0.2) is 0 Å². The van der Waals surface area contributed by atoms with Crippen molar-refractivity contribution >= 4 is 16.9 Å². The summed E-state index contributed by atoms with van der Waals surface area (Å²) in [6, 6.07) is 15.8. The molecule has 0 unspecified atom stereocenters. The summed E-state index contributed by atoms with van der Waals surface area (Å²) in [5, 5.41) is 9.27. The predicted octanol–water partition coefficient (Wildman–Crippen LogP) is 3.29. The number of aryl methyl sites for hydroxylation is 1. The summed E-state index contributed by atoms with van der Waals surface area (Å²) in [5.41, 5.74) is 10.9. The van der Waals surface area contributed by atoms with E-state index in [-0.39, 0.29) is 5.95 Å². The Labute approximate surface area is 144 Å². The highest BCUT2D eigenvalue weighted by atomic mass is 15.2. The molecular weight excluding hydrogens is 312 g/mol. The maximum Gasteiger partial charge on any atom is 0.240 e. The fourth-order valence-corrected chi connectivity index (χ4v) is 2.87. The minimum Gasteiger partial charge on any atom is -0.366 e. The molecule has 4 rings (SSSR count). The Kier molecular flexibility index (Phi) is 3.78. The third kappa shape index (κ3) is 2.78. The molecule has 0 bridgehead atoms. The van der Waals surface area contributed by atoms with Crippen LogP contribution < -0.4 is 5.73 Å². The molecule has 2 aromatic carbocycles. The molecule has 0 aliphatic carbocycles. The van der Waals surface area contributed by atoms with Crippen LogP contribution in [0, 0.1) is 0 Å². The van der Waals surface area contributed by atoms with Gasteiger partial charge in [-0.15, -0.1) is 10.2 Å². The minimum absolute atomic E-state index is 0.154. The van der Waals surface area contributed by atoms with Crippen molar-refractivity contribution < 1.29 is 0 Å². The standard InChI is InChI=1S/C19H16N6/c1-2-15-14-10-13(8-9-16(14)22-11-21-15)18-17(23-19(20)25-24-18)12-6-4-3-5-7-12/h3-11H,2H2,1H3,(H2,20,23,25). The quantitative estimate of drug-likeness (QED) is 0.620. The van der Waals surface area contributed by atoms with Crippen molar-refractivity contribution in [3.8, 4) is 22.5 Å². The van der Waals surface area contributed by atoms with Crippen LogP contribution >= 0.6 is 0 Å². The Bertz CT molecular complexity index is 1050. The summed E-state index contributed by atoms with van der Waals surface area (Å²) in [5.74, 6) is 0.154. The van der Waals surface area contributed by atoms with Gasteiger partial charge in [0.05, 0.1) is 11.2 Å². The van der Waals surface area contributed by atoms with Crippen LogP contribution in [0.3, 0.4) is 0 Å². The number of benzene rings is 2. The van der Waals surface area contributed by atoms with Gasteiger partial charge in [-0.25, -0.2) is 15.0 Å². The molecule has 6 heteroatoms. The molecule has 2 aromatic heterocycles. The lowest BCUT2D eigenvalue weighted by Crippen LogP contribution is -2.02. The molecule has 0 aliphatic heterocycles. The molecule has 0 fully saturated rings. The molecule has 0 amide bonds. The summed E-state index contributed by atoms with van der Waals surface area (Å²) >= 11 is 0.